The molecule has 1 atom stereocenters. The van der Waals surface area contributed by atoms with E-state index in [1.807, 2.05) is 19.4 Å². The fourth-order valence-corrected chi connectivity index (χ4v) is 5.20. The first-order valence-corrected chi connectivity index (χ1v) is 8.00. The lowest BCUT2D eigenvalue weighted by atomic mass is 9.54. The van der Waals surface area contributed by atoms with Gasteiger partial charge in [-0.15, -0.1) is 0 Å². The van der Waals surface area contributed by atoms with Crippen molar-refractivity contribution in [2.24, 2.45) is 30.5 Å². The summed E-state index contributed by atoms with van der Waals surface area (Å²) in [5.74, 6) is 2.78. The summed E-state index contributed by atoms with van der Waals surface area (Å²) in [7, 11) is 1.93. The second-order valence-corrected chi connectivity index (χ2v) is 7.47. The van der Waals surface area contributed by atoms with Crippen LogP contribution in [0.3, 0.4) is 0 Å². The molecular weight excluding hydrogens is 250 g/mol. The molecule has 4 fully saturated rings. The van der Waals surface area contributed by atoms with E-state index < -0.39 is 0 Å². The standard InChI is InChI=1S/C16H25N3O/c1-19-9-14(8-18-19)15(17)10-20-16-5-11-2-12(6-16)4-13(3-11)7-16/h8-9,11-13,15H,2-7,10,17H2,1H3. The van der Waals surface area contributed by atoms with Gasteiger partial charge in [-0.2, -0.15) is 5.10 Å². The Morgan fingerprint density at radius 3 is 2.40 bits per heavy atom. The maximum absolute atomic E-state index is 6.41. The Kier molecular flexibility index (Phi) is 2.93. The van der Waals surface area contributed by atoms with Gasteiger partial charge in [0, 0.05) is 18.8 Å². The van der Waals surface area contributed by atoms with Gasteiger partial charge in [0.2, 0.25) is 0 Å². The highest BCUT2D eigenvalue weighted by Crippen LogP contribution is 2.57. The van der Waals surface area contributed by atoms with Crippen LogP contribution >= 0.6 is 0 Å². The Morgan fingerprint density at radius 2 is 1.90 bits per heavy atom. The molecule has 0 amide bonds. The van der Waals surface area contributed by atoms with E-state index in [9.17, 15) is 0 Å². The van der Waals surface area contributed by atoms with Gasteiger partial charge < -0.3 is 10.5 Å². The Balaban J connectivity index is 1.42. The molecule has 0 spiro atoms. The summed E-state index contributed by atoms with van der Waals surface area (Å²) in [4.78, 5) is 0. The molecule has 20 heavy (non-hydrogen) atoms. The minimum atomic E-state index is -0.0447. The summed E-state index contributed by atoms with van der Waals surface area (Å²) >= 11 is 0. The van der Waals surface area contributed by atoms with Gasteiger partial charge >= 0.3 is 0 Å². The lowest BCUT2D eigenvalue weighted by Crippen LogP contribution is -2.52. The van der Waals surface area contributed by atoms with Crippen LogP contribution in [0.2, 0.25) is 0 Å². The maximum atomic E-state index is 6.41. The van der Waals surface area contributed by atoms with E-state index in [1.54, 1.807) is 4.68 Å². The van der Waals surface area contributed by atoms with Gasteiger partial charge in [-0.05, 0) is 56.3 Å². The van der Waals surface area contributed by atoms with Crippen LogP contribution in [0.25, 0.3) is 0 Å². The van der Waals surface area contributed by atoms with Gasteiger partial charge in [0.25, 0.3) is 0 Å². The molecule has 4 aliphatic rings. The van der Waals surface area contributed by atoms with Crippen LogP contribution in [-0.4, -0.2) is 22.0 Å². The largest absolute Gasteiger partial charge is 0.373 e. The average Bonchev–Trinajstić information content (AvgIpc) is 2.81. The van der Waals surface area contributed by atoms with E-state index in [4.69, 9.17) is 10.5 Å². The van der Waals surface area contributed by atoms with Gasteiger partial charge in [-0.25, -0.2) is 0 Å². The third-order valence-electron chi connectivity index (χ3n) is 5.70. The molecule has 4 bridgehead atoms. The fraction of sp³-hybridized carbons (Fsp3) is 0.812. The molecule has 0 radical (unpaired) electrons. The second-order valence-electron chi connectivity index (χ2n) is 7.47. The first-order valence-electron chi connectivity index (χ1n) is 8.00. The van der Waals surface area contributed by atoms with E-state index >= 15 is 0 Å². The summed E-state index contributed by atoms with van der Waals surface area (Å²) < 4.78 is 8.21. The molecule has 2 N–H and O–H groups in total. The van der Waals surface area contributed by atoms with Crippen LogP contribution in [0.5, 0.6) is 0 Å². The van der Waals surface area contributed by atoms with Crippen LogP contribution in [0.1, 0.15) is 50.1 Å². The molecule has 1 aromatic rings. The van der Waals surface area contributed by atoms with Gasteiger partial charge in [-0.3, -0.25) is 4.68 Å². The predicted octanol–water partition coefficient (Wildman–Crippen LogP) is 2.41. The number of nitrogens with zero attached hydrogens (tertiary/aromatic N) is 2. The van der Waals surface area contributed by atoms with Gasteiger partial charge in [0.15, 0.2) is 0 Å². The normalized spacial score (nSPS) is 40.2. The van der Waals surface area contributed by atoms with Crippen molar-refractivity contribution >= 4 is 0 Å². The minimum absolute atomic E-state index is 0.0447. The van der Waals surface area contributed by atoms with Crippen LogP contribution in [0, 0.1) is 17.8 Å². The minimum Gasteiger partial charge on any atom is -0.373 e. The zero-order chi connectivity index (χ0) is 13.7. The molecule has 0 aromatic carbocycles. The number of hydrogen-bond donors (Lipinski definition) is 1. The quantitative estimate of drug-likeness (QED) is 0.918. The van der Waals surface area contributed by atoms with E-state index in [2.05, 4.69) is 5.10 Å². The number of aromatic nitrogens is 2. The highest BCUT2D eigenvalue weighted by Gasteiger charge is 2.51. The van der Waals surface area contributed by atoms with Crippen molar-refractivity contribution < 1.29 is 4.74 Å². The number of rotatable bonds is 4. The predicted molar refractivity (Wildman–Crippen MR) is 77.0 cm³/mol. The second kappa shape index (κ2) is 4.57. The van der Waals surface area contributed by atoms with Crippen LogP contribution in [-0.2, 0) is 11.8 Å². The third-order valence-corrected chi connectivity index (χ3v) is 5.70. The summed E-state index contributed by atoms with van der Waals surface area (Å²) in [5.41, 5.74) is 7.50. The molecule has 4 heteroatoms. The van der Waals surface area contributed by atoms with Crippen molar-refractivity contribution in [3.63, 3.8) is 0 Å². The lowest BCUT2D eigenvalue weighted by molar-refractivity contribution is -0.164. The number of aryl methyl sites for hydroxylation is 1. The van der Waals surface area contributed by atoms with Crippen molar-refractivity contribution in [2.75, 3.05) is 6.61 Å². The third kappa shape index (κ3) is 2.19. The molecule has 0 aliphatic heterocycles. The summed E-state index contributed by atoms with van der Waals surface area (Å²) in [5, 5.41) is 4.19. The smallest absolute Gasteiger partial charge is 0.0691 e. The summed E-state index contributed by atoms with van der Waals surface area (Å²) in [6, 6.07) is -0.0447. The lowest BCUT2D eigenvalue weighted by Gasteiger charge is -2.56. The van der Waals surface area contributed by atoms with E-state index in [1.165, 1.54) is 38.5 Å². The summed E-state index contributed by atoms with van der Waals surface area (Å²) in [6.45, 7) is 0.637. The number of hydrogen-bond acceptors (Lipinski definition) is 3. The Labute approximate surface area is 120 Å². The highest BCUT2D eigenvalue weighted by molar-refractivity contribution is 5.10. The van der Waals surface area contributed by atoms with E-state index in [-0.39, 0.29) is 11.6 Å². The molecular formula is C16H25N3O. The van der Waals surface area contributed by atoms with Crippen LogP contribution in [0.15, 0.2) is 12.4 Å². The maximum Gasteiger partial charge on any atom is 0.0691 e. The van der Waals surface area contributed by atoms with E-state index in [0.29, 0.717) is 6.61 Å². The van der Waals surface area contributed by atoms with Crippen LogP contribution in [0.4, 0.5) is 0 Å². The first-order chi connectivity index (χ1) is 9.62. The molecule has 1 heterocycles. The zero-order valence-electron chi connectivity index (χ0n) is 12.3. The molecule has 110 valence electrons. The molecule has 4 saturated carbocycles. The Morgan fingerprint density at radius 1 is 1.30 bits per heavy atom. The summed E-state index contributed by atoms with van der Waals surface area (Å²) in [6.07, 6.45) is 12.0. The fourth-order valence-electron chi connectivity index (χ4n) is 5.20. The van der Waals surface area contributed by atoms with E-state index in [0.717, 1.165) is 23.3 Å². The number of ether oxygens (including phenoxy) is 1. The molecule has 1 aromatic heterocycles. The van der Waals surface area contributed by atoms with Crippen molar-refractivity contribution in [3.8, 4) is 0 Å². The van der Waals surface area contributed by atoms with Gasteiger partial charge in [0.05, 0.1) is 24.4 Å². The Bertz CT molecular complexity index is 460. The van der Waals surface area contributed by atoms with Crippen LogP contribution < -0.4 is 5.73 Å². The van der Waals surface area contributed by atoms with Crippen molar-refractivity contribution in [3.05, 3.63) is 18.0 Å². The molecule has 5 rings (SSSR count). The molecule has 0 saturated heterocycles. The van der Waals surface area contributed by atoms with Crippen molar-refractivity contribution in [1.82, 2.24) is 9.78 Å². The molecule has 1 unspecified atom stereocenters. The van der Waals surface area contributed by atoms with Gasteiger partial charge in [-0.1, -0.05) is 0 Å². The topological polar surface area (TPSA) is 53.1 Å². The molecule has 4 aliphatic carbocycles. The Hall–Kier alpha value is -0.870. The number of nitrogens with two attached hydrogens (primary N) is 1. The SMILES string of the molecule is Cn1cc(C(N)COC23CC4CC(CC(C4)C2)C3)cn1. The van der Waals surface area contributed by atoms with Gasteiger partial charge in [0.1, 0.15) is 0 Å². The molecule has 4 nitrogen and oxygen atoms in total. The monoisotopic (exact) mass is 275 g/mol. The first kappa shape index (κ1) is 12.8. The highest BCUT2D eigenvalue weighted by atomic mass is 16.5. The average molecular weight is 275 g/mol. The van der Waals surface area contributed by atoms with Crippen molar-refractivity contribution in [2.45, 2.75) is 50.2 Å². The van der Waals surface area contributed by atoms with Crippen molar-refractivity contribution in [1.29, 1.82) is 0 Å². The zero-order valence-corrected chi connectivity index (χ0v) is 12.3.